The summed E-state index contributed by atoms with van der Waals surface area (Å²) < 4.78 is 19.8. The van der Waals surface area contributed by atoms with Gasteiger partial charge in [-0.05, 0) is 24.1 Å². The maximum Gasteiger partial charge on any atom is 0.229 e. The highest BCUT2D eigenvalue weighted by atomic mass is 19.1. The van der Waals surface area contributed by atoms with Gasteiger partial charge in [-0.25, -0.2) is 4.39 Å². The van der Waals surface area contributed by atoms with Gasteiger partial charge in [0.25, 0.3) is 0 Å². The Labute approximate surface area is 160 Å². The van der Waals surface area contributed by atoms with Gasteiger partial charge < -0.3 is 4.74 Å². The number of ether oxygens (including phenoxy) is 1. The molecule has 0 amide bonds. The lowest BCUT2D eigenvalue weighted by atomic mass is 9.72. The summed E-state index contributed by atoms with van der Waals surface area (Å²) in [6.45, 7) is 0. The third-order valence-corrected chi connectivity index (χ3v) is 5.50. The molecular weight excluding hydrogens is 359 g/mol. The first kappa shape index (κ1) is 16.8. The van der Waals surface area contributed by atoms with Crippen LogP contribution in [0.1, 0.15) is 51.5 Å². The molecule has 1 atom stereocenters. The average molecular weight is 374 g/mol. The topological polar surface area (TPSA) is 60.4 Å². The van der Waals surface area contributed by atoms with Crippen LogP contribution in [-0.4, -0.2) is 17.3 Å². The minimum absolute atomic E-state index is 0.0357. The predicted octanol–water partition coefficient (Wildman–Crippen LogP) is 4.28. The van der Waals surface area contributed by atoms with E-state index in [1.54, 1.807) is 30.3 Å². The summed E-state index contributed by atoms with van der Waals surface area (Å²) in [5, 5.41) is 0. The van der Waals surface area contributed by atoms with Crippen molar-refractivity contribution >= 4 is 17.3 Å². The molecule has 0 spiro atoms. The lowest BCUT2D eigenvalue weighted by Gasteiger charge is -2.35. The maximum absolute atomic E-state index is 14.0. The molecule has 0 saturated heterocycles. The molecule has 4 nitrogen and oxygen atoms in total. The second kappa shape index (κ2) is 6.09. The van der Waals surface area contributed by atoms with Crippen LogP contribution in [0.5, 0.6) is 0 Å². The van der Waals surface area contributed by atoms with Crippen molar-refractivity contribution in [3.63, 3.8) is 0 Å². The third kappa shape index (κ3) is 2.32. The first-order chi connectivity index (χ1) is 13.6. The molecule has 0 radical (unpaired) electrons. The van der Waals surface area contributed by atoms with E-state index >= 15 is 0 Å². The molecule has 0 fully saturated rings. The molecule has 2 aromatic carbocycles. The second-order valence-corrected chi connectivity index (χ2v) is 7.15. The Balaban J connectivity index is 1.78. The predicted molar refractivity (Wildman–Crippen MR) is 98.2 cm³/mol. The van der Waals surface area contributed by atoms with E-state index < -0.39 is 11.7 Å². The normalized spacial score (nSPS) is 21.2. The number of halogens is 1. The molecule has 1 unspecified atom stereocenters. The van der Waals surface area contributed by atoms with Crippen LogP contribution in [0.15, 0.2) is 71.2 Å². The zero-order valence-corrected chi connectivity index (χ0v) is 14.8. The minimum atomic E-state index is -0.799. The SMILES string of the molecule is O=C1CCCC2=C1C(c1cccc(F)c1)C1=C(O2)C(=O)c2ccccc2C1=O. The number of benzene rings is 2. The summed E-state index contributed by atoms with van der Waals surface area (Å²) in [5.41, 5.74) is 1.54. The van der Waals surface area contributed by atoms with Crippen molar-refractivity contribution in [2.24, 2.45) is 0 Å². The molecule has 0 aromatic heterocycles. The summed E-state index contributed by atoms with van der Waals surface area (Å²) in [6.07, 6.45) is 1.47. The minimum Gasteiger partial charge on any atom is -0.457 e. The van der Waals surface area contributed by atoms with E-state index in [0.29, 0.717) is 36.2 Å². The molecule has 0 saturated carbocycles. The molecular formula is C23H15FO4. The van der Waals surface area contributed by atoms with Gasteiger partial charge in [0.15, 0.2) is 17.3 Å². The van der Waals surface area contributed by atoms with Gasteiger partial charge in [0.2, 0.25) is 5.78 Å². The third-order valence-electron chi connectivity index (χ3n) is 5.50. The molecule has 2 aliphatic carbocycles. The lowest BCUT2D eigenvalue weighted by molar-refractivity contribution is -0.116. The Morgan fingerprint density at radius 1 is 0.857 bits per heavy atom. The molecule has 5 rings (SSSR count). The van der Waals surface area contributed by atoms with Crippen LogP contribution in [0.4, 0.5) is 4.39 Å². The van der Waals surface area contributed by atoms with Crippen LogP contribution in [0.25, 0.3) is 0 Å². The fraction of sp³-hybridized carbons (Fsp3) is 0.174. The molecule has 0 N–H and O–H groups in total. The first-order valence-corrected chi connectivity index (χ1v) is 9.18. The van der Waals surface area contributed by atoms with Crippen molar-refractivity contribution in [1.29, 1.82) is 0 Å². The van der Waals surface area contributed by atoms with Crippen molar-refractivity contribution in [2.45, 2.75) is 25.2 Å². The number of rotatable bonds is 1. The first-order valence-electron chi connectivity index (χ1n) is 9.18. The highest BCUT2D eigenvalue weighted by Gasteiger charge is 2.46. The summed E-state index contributed by atoms with van der Waals surface area (Å²) >= 11 is 0. The Morgan fingerprint density at radius 3 is 2.36 bits per heavy atom. The molecule has 138 valence electrons. The molecule has 1 heterocycles. The molecule has 0 bridgehead atoms. The van der Waals surface area contributed by atoms with Crippen molar-refractivity contribution in [3.8, 4) is 0 Å². The lowest BCUT2D eigenvalue weighted by Crippen LogP contribution is -2.34. The average Bonchev–Trinajstić information content (AvgIpc) is 2.71. The number of hydrogen-bond acceptors (Lipinski definition) is 4. The van der Waals surface area contributed by atoms with E-state index in [0.717, 1.165) is 0 Å². The van der Waals surface area contributed by atoms with E-state index in [9.17, 15) is 18.8 Å². The van der Waals surface area contributed by atoms with E-state index in [-0.39, 0.29) is 39.8 Å². The van der Waals surface area contributed by atoms with Gasteiger partial charge in [-0.1, -0.05) is 36.4 Å². The van der Waals surface area contributed by atoms with Gasteiger partial charge in [0, 0.05) is 35.5 Å². The number of fused-ring (bicyclic) bond motifs is 1. The monoisotopic (exact) mass is 374 g/mol. The Morgan fingerprint density at radius 2 is 1.61 bits per heavy atom. The van der Waals surface area contributed by atoms with Crippen LogP contribution in [0, 0.1) is 5.82 Å². The van der Waals surface area contributed by atoms with Crippen LogP contribution in [-0.2, 0) is 9.53 Å². The Bertz CT molecular complexity index is 1140. The molecule has 1 aliphatic heterocycles. The van der Waals surface area contributed by atoms with Gasteiger partial charge >= 0.3 is 0 Å². The fourth-order valence-electron chi connectivity index (χ4n) is 4.28. The molecule has 2 aromatic rings. The van der Waals surface area contributed by atoms with E-state index in [4.69, 9.17) is 4.74 Å². The zero-order chi connectivity index (χ0) is 19.4. The molecule has 5 heteroatoms. The fourth-order valence-corrected chi connectivity index (χ4v) is 4.28. The van der Waals surface area contributed by atoms with E-state index in [1.165, 1.54) is 18.2 Å². The number of Topliss-reactive ketones (excluding diaryl/α,β-unsaturated/α-hetero) is 3. The number of carbonyl (C=O) groups is 3. The zero-order valence-electron chi connectivity index (χ0n) is 14.8. The largest absolute Gasteiger partial charge is 0.457 e. The number of hydrogen-bond donors (Lipinski definition) is 0. The van der Waals surface area contributed by atoms with Crippen molar-refractivity contribution in [2.75, 3.05) is 0 Å². The van der Waals surface area contributed by atoms with Crippen LogP contribution >= 0.6 is 0 Å². The smallest absolute Gasteiger partial charge is 0.229 e. The summed E-state index contributed by atoms with van der Waals surface area (Å²) in [4.78, 5) is 39.2. The van der Waals surface area contributed by atoms with Crippen LogP contribution in [0.3, 0.4) is 0 Å². The summed E-state index contributed by atoms with van der Waals surface area (Å²) in [6, 6.07) is 12.4. The standard InChI is InChI=1S/C23H15FO4/c24-13-6-3-5-12(11-13)18-19-16(25)9-4-10-17(19)28-23-20(18)21(26)14-7-1-2-8-15(14)22(23)27/h1-3,5-8,11,18H,4,9-10H2. The summed E-state index contributed by atoms with van der Waals surface area (Å²) in [7, 11) is 0. The second-order valence-electron chi connectivity index (χ2n) is 7.15. The van der Waals surface area contributed by atoms with Crippen molar-refractivity contribution in [1.82, 2.24) is 0 Å². The van der Waals surface area contributed by atoms with E-state index in [1.807, 2.05) is 0 Å². The summed E-state index contributed by atoms with van der Waals surface area (Å²) in [5.74, 6) is -1.74. The number of carbonyl (C=O) groups excluding carboxylic acids is 3. The van der Waals surface area contributed by atoms with Crippen molar-refractivity contribution < 1.29 is 23.5 Å². The quantitative estimate of drug-likeness (QED) is 0.748. The highest BCUT2D eigenvalue weighted by Crippen LogP contribution is 2.48. The van der Waals surface area contributed by atoms with Gasteiger partial charge in [-0.15, -0.1) is 0 Å². The van der Waals surface area contributed by atoms with E-state index in [2.05, 4.69) is 0 Å². The maximum atomic E-state index is 14.0. The molecule has 28 heavy (non-hydrogen) atoms. The highest BCUT2D eigenvalue weighted by molar-refractivity contribution is 6.27. The van der Waals surface area contributed by atoms with Crippen LogP contribution in [0.2, 0.25) is 0 Å². The van der Waals surface area contributed by atoms with Crippen molar-refractivity contribution in [3.05, 3.63) is 93.7 Å². The van der Waals surface area contributed by atoms with Gasteiger partial charge in [0.1, 0.15) is 11.6 Å². The number of ketones is 3. The van der Waals surface area contributed by atoms with Crippen LogP contribution < -0.4 is 0 Å². The number of allylic oxidation sites excluding steroid dienone is 4. The van der Waals surface area contributed by atoms with Gasteiger partial charge in [-0.2, -0.15) is 0 Å². The molecule has 3 aliphatic rings. The van der Waals surface area contributed by atoms with Gasteiger partial charge in [-0.3, -0.25) is 14.4 Å². The Hall–Kier alpha value is -3.34. The van der Waals surface area contributed by atoms with Gasteiger partial charge in [0.05, 0.1) is 5.57 Å². The Kier molecular flexibility index (Phi) is 3.66.